The number of methoxy groups -OCH3 is 1. The predicted octanol–water partition coefficient (Wildman–Crippen LogP) is -0.212. The van der Waals surface area contributed by atoms with E-state index in [0.29, 0.717) is 24.7 Å². The van der Waals surface area contributed by atoms with Crippen LogP contribution in [0.5, 0.6) is 0 Å². The van der Waals surface area contributed by atoms with E-state index in [9.17, 15) is 13.5 Å². The molecule has 0 aliphatic carbocycles. The number of rotatable bonds is 10. The molecule has 0 heterocycles. The summed E-state index contributed by atoms with van der Waals surface area (Å²) in [5, 5.41) is 9.44. The molecule has 0 aliphatic rings. The monoisotopic (exact) mass is 272 g/mol. The molecule has 7 heteroatoms. The molecule has 0 saturated heterocycles. The third-order valence-electron chi connectivity index (χ3n) is 1.65. The van der Waals surface area contributed by atoms with Crippen molar-refractivity contribution in [2.45, 2.75) is 6.10 Å². The first-order valence-electron chi connectivity index (χ1n) is 4.96. The van der Waals surface area contributed by atoms with Crippen LogP contribution < -0.4 is 0 Å². The van der Waals surface area contributed by atoms with Gasteiger partial charge in [-0.1, -0.05) is 0 Å². The van der Waals surface area contributed by atoms with Crippen molar-refractivity contribution in [2.24, 2.45) is 0 Å². The number of hydrogen-bond donors (Lipinski definition) is 1. The smallest absolute Gasteiger partial charge is 0.148 e. The van der Waals surface area contributed by atoms with E-state index in [0.717, 1.165) is 0 Å². The van der Waals surface area contributed by atoms with E-state index in [1.807, 2.05) is 0 Å². The highest BCUT2D eigenvalue weighted by Crippen LogP contribution is 2.04. The van der Waals surface area contributed by atoms with Crippen LogP contribution in [0, 0.1) is 0 Å². The van der Waals surface area contributed by atoms with Gasteiger partial charge in [0.2, 0.25) is 0 Å². The number of aliphatic hydroxyl groups excluding tert-OH is 1. The summed E-state index contributed by atoms with van der Waals surface area (Å²) in [7, 11) is -1.31. The lowest BCUT2D eigenvalue weighted by Gasteiger charge is -2.10. The Kier molecular flexibility index (Phi) is 9.34. The fraction of sp³-hybridized carbons (Fsp3) is 1.00. The van der Waals surface area contributed by atoms with Crippen molar-refractivity contribution in [3.05, 3.63) is 0 Å². The molecule has 0 bridgehead atoms. The Morgan fingerprint density at radius 1 is 1.38 bits per heavy atom. The number of sulfone groups is 1. The average Bonchev–Trinajstić information content (AvgIpc) is 2.18. The van der Waals surface area contributed by atoms with Crippen molar-refractivity contribution in [1.29, 1.82) is 0 Å². The Bertz CT molecular complexity index is 253. The van der Waals surface area contributed by atoms with Crippen LogP contribution in [0.15, 0.2) is 0 Å². The van der Waals surface area contributed by atoms with Gasteiger partial charge in [-0.3, -0.25) is 0 Å². The number of hydrogen-bond acceptors (Lipinski definition) is 6. The first kappa shape index (κ1) is 16.2. The molecule has 0 radical (unpaired) electrons. The van der Waals surface area contributed by atoms with Crippen molar-refractivity contribution in [2.75, 3.05) is 50.4 Å². The molecular formula is C9H20O5S2. The Labute approximate surface area is 101 Å². The standard InChI is InChI=1S/C9H20O5S2/c1-13-3-4-14-7-9(10)8-15-5-6-16(2,11)12/h9-10H,3-8H2,1-2H3. The third-order valence-corrected chi connectivity index (χ3v) is 3.97. The molecule has 1 atom stereocenters. The van der Waals surface area contributed by atoms with Crippen molar-refractivity contribution in [3.8, 4) is 0 Å². The van der Waals surface area contributed by atoms with Gasteiger partial charge in [-0.15, -0.1) is 0 Å². The Hall–Kier alpha value is 0.180. The predicted molar refractivity (Wildman–Crippen MR) is 65.7 cm³/mol. The lowest BCUT2D eigenvalue weighted by Crippen LogP contribution is -2.20. The molecule has 0 saturated carbocycles. The van der Waals surface area contributed by atoms with Crippen LogP contribution in [0.4, 0.5) is 0 Å². The highest BCUT2D eigenvalue weighted by Gasteiger charge is 2.06. The van der Waals surface area contributed by atoms with Crippen molar-refractivity contribution < 1.29 is 23.0 Å². The van der Waals surface area contributed by atoms with Crippen molar-refractivity contribution in [1.82, 2.24) is 0 Å². The molecule has 0 aromatic rings. The third kappa shape index (κ3) is 12.3. The highest BCUT2D eigenvalue weighted by atomic mass is 32.2. The van der Waals surface area contributed by atoms with Gasteiger partial charge >= 0.3 is 0 Å². The number of aliphatic hydroxyl groups is 1. The molecule has 0 spiro atoms. The first-order chi connectivity index (χ1) is 7.45. The van der Waals surface area contributed by atoms with E-state index in [-0.39, 0.29) is 12.4 Å². The summed E-state index contributed by atoms with van der Waals surface area (Å²) in [6.07, 6.45) is 0.652. The molecule has 0 aromatic carbocycles. The summed E-state index contributed by atoms with van der Waals surface area (Å²) >= 11 is 1.41. The second-order valence-corrected chi connectivity index (χ2v) is 6.84. The van der Waals surface area contributed by atoms with E-state index in [4.69, 9.17) is 9.47 Å². The maximum absolute atomic E-state index is 10.8. The van der Waals surface area contributed by atoms with Gasteiger partial charge in [0, 0.05) is 24.9 Å². The van der Waals surface area contributed by atoms with Crippen LogP contribution in [-0.4, -0.2) is 70.1 Å². The second kappa shape index (κ2) is 9.23. The molecule has 5 nitrogen and oxygen atoms in total. The fourth-order valence-electron chi connectivity index (χ4n) is 0.839. The maximum Gasteiger partial charge on any atom is 0.148 e. The maximum atomic E-state index is 10.8. The van der Waals surface area contributed by atoms with Gasteiger partial charge < -0.3 is 14.6 Å². The molecule has 0 amide bonds. The lowest BCUT2D eigenvalue weighted by atomic mass is 10.4. The van der Waals surface area contributed by atoms with Crippen molar-refractivity contribution >= 4 is 21.6 Å². The molecule has 1 N–H and O–H groups in total. The lowest BCUT2D eigenvalue weighted by molar-refractivity contribution is 0.0218. The topological polar surface area (TPSA) is 72.8 Å². The molecule has 0 aliphatic heterocycles. The molecule has 0 rings (SSSR count). The van der Waals surface area contributed by atoms with Gasteiger partial charge in [-0.2, -0.15) is 11.8 Å². The Morgan fingerprint density at radius 2 is 2.06 bits per heavy atom. The van der Waals surface area contributed by atoms with E-state index in [2.05, 4.69) is 0 Å². The fourth-order valence-corrected chi connectivity index (χ4v) is 3.06. The molecule has 16 heavy (non-hydrogen) atoms. The van der Waals surface area contributed by atoms with Crippen LogP contribution in [0.2, 0.25) is 0 Å². The minimum Gasteiger partial charge on any atom is -0.390 e. The second-order valence-electron chi connectivity index (χ2n) is 3.43. The van der Waals surface area contributed by atoms with Gasteiger partial charge in [-0.05, 0) is 0 Å². The summed E-state index contributed by atoms with van der Waals surface area (Å²) in [6.45, 7) is 1.23. The normalized spacial score (nSPS) is 13.9. The van der Waals surface area contributed by atoms with E-state index in [1.54, 1.807) is 7.11 Å². The molecular weight excluding hydrogens is 252 g/mol. The molecule has 0 aromatic heterocycles. The van der Waals surface area contributed by atoms with Gasteiger partial charge in [0.25, 0.3) is 0 Å². The van der Waals surface area contributed by atoms with E-state index in [1.165, 1.54) is 18.0 Å². The van der Waals surface area contributed by atoms with Gasteiger partial charge in [0.05, 0.1) is 31.7 Å². The van der Waals surface area contributed by atoms with Gasteiger partial charge in [0.1, 0.15) is 9.84 Å². The Morgan fingerprint density at radius 3 is 2.62 bits per heavy atom. The SMILES string of the molecule is COCCOCC(O)CSCCS(C)(=O)=O. The van der Waals surface area contributed by atoms with Crippen LogP contribution in [-0.2, 0) is 19.3 Å². The zero-order valence-corrected chi connectivity index (χ0v) is 11.3. The van der Waals surface area contributed by atoms with Gasteiger partial charge in [-0.25, -0.2) is 8.42 Å². The minimum atomic E-state index is -2.90. The average molecular weight is 272 g/mol. The summed E-state index contributed by atoms with van der Waals surface area (Å²) < 4.78 is 31.5. The highest BCUT2D eigenvalue weighted by molar-refractivity contribution is 8.00. The number of thioether (sulfide) groups is 1. The first-order valence-corrected chi connectivity index (χ1v) is 8.17. The Balaban J connectivity index is 3.33. The van der Waals surface area contributed by atoms with Gasteiger partial charge in [0.15, 0.2) is 0 Å². The zero-order chi connectivity index (χ0) is 12.4. The summed E-state index contributed by atoms with van der Waals surface area (Å²) in [4.78, 5) is 0. The minimum absolute atomic E-state index is 0.148. The summed E-state index contributed by atoms with van der Waals surface area (Å²) in [5.41, 5.74) is 0. The number of ether oxygens (including phenoxy) is 2. The summed E-state index contributed by atoms with van der Waals surface area (Å²) in [5.74, 6) is 1.14. The molecule has 1 unspecified atom stereocenters. The molecule has 0 fully saturated rings. The van der Waals surface area contributed by atoms with Crippen LogP contribution in [0.1, 0.15) is 0 Å². The molecule has 98 valence electrons. The van der Waals surface area contributed by atoms with E-state index >= 15 is 0 Å². The quantitative estimate of drug-likeness (QED) is 0.555. The van der Waals surface area contributed by atoms with E-state index < -0.39 is 15.9 Å². The largest absolute Gasteiger partial charge is 0.390 e. The summed E-state index contributed by atoms with van der Waals surface area (Å²) in [6, 6.07) is 0. The van der Waals surface area contributed by atoms with Crippen LogP contribution in [0.25, 0.3) is 0 Å². The zero-order valence-electron chi connectivity index (χ0n) is 9.72. The van der Waals surface area contributed by atoms with Crippen LogP contribution in [0.3, 0.4) is 0 Å². The van der Waals surface area contributed by atoms with Crippen molar-refractivity contribution in [3.63, 3.8) is 0 Å². The van der Waals surface area contributed by atoms with Crippen LogP contribution >= 0.6 is 11.8 Å².